The van der Waals surface area contributed by atoms with Crippen LogP contribution >= 0.6 is 0 Å². The second-order valence-corrected chi connectivity index (χ2v) is 4.49. The van der Waals surface area contributed by atoms with E-state index in [0.717, 1.165) is 0 Å². The summed E-state index contributed by atoms with van der Waals surface area (Å²) >= 11 is 0. The number of hydrazone groups is 1. The molecule has 0 aliphatic carbocycles. The van der Waals surface area contributed by atoms with Gasteiger partial charge >= 0.3 is 5.97 Å². The number of benzene rings is 1. The van der Waals surface area contributed by atoms with Gasteiger partial charge in [-0.1, -0.05) is 6.07 Å². The molecule has 0 aliphatic heterocycles. The van der Waals surface area contributed by atoms with Gasteiger partial charge < -0.3 is 10.8 Å². The summed E-state index contributed by atoms with van der Waals surface area (Å²) < 4.78 is 13.1. The Kier molecular flexibility index (Phi) is 4.98. The molecule has 7 nitrogen and oxygen atoms in total. The van der Waals surface area contributed by atoms with E-state index in [4.69, 9.17) is 10.8 Å². The number of hydrogen-bond acceptors (Lipinski definition) is 4. The Morgan fingerprint density at radius 1 is 1.35 bits per heavy atom. The van der Waals surface area contributed by atoms with E-state index >= 15 is 0 Å². The van der Waals surface area contributed by atoms with Gasteiger partial charge in [0.25, 0.3) is 0 Å². The standard InChI is InChI=1S/C15H14FN5O2/c1-9(13-12(14(22)23)6-3-7-18-13)20-21-15(17)19-11-5-2-4-10(16)8-11/h2-8H,1H3,(H,22,23)(H3,17,19,21). The van der Waals surface area contributed by atoms with E-state index < -0.39 is 11.8 Å². The number of halogens is 1. The Hall–Kier alpha value is -3.29. The van der Waals surface area contributed by atoms with E-state index in [-0.39, 0.29) is 17.2 Å². The molecule has 0 saturated carbocycles. The first kappa shape index (κ1) is 16.1. The Morgan fingerprint density at radius 3 is 2.83 bits per heavy atom. The predicted octanol–water partition coefficient (Wildman–Crippen LogP) is 1.88. The summed E-state index contributed by atoms with van der Waals surface area (Å²) in [6.07, 6.45) is 1.46. The number of carboxylic acid groups (broad SMARTS) is 1. The number of pyridine rings is 1. The monoisotopic (exact) mass is 315 g/mol. The van der Waals surface area contributed by atoms with Crippen LogP contribution in [0.15, 0.2) is 52.7 Å². The number of aromatic nitrogens is 1. The van der Waals surface area contributed by atoms with E-state index in [1.165, 1.54) is 36.5 Å². The van der Waals surface area contributed by atoms with Gasteiger partial charge in [-0.05, 0) is 37.3 Å². The van der Waals surface area contributed by atoms with Crippen LogP contribution in [-0.2, 0) is 0 Å². The molecule has 4 N–H and O–H groups in total. The third-order valence-corrected chi connectivity index (χ3v) is 2.78. The fourth-order valence-electron chi connectivity index (χ4n) is 1.77. The molecule has 0 unspecified atom stereocenters. The summed E-state index contributed by atoms with van der Waals surface area (Å²) in [5.74, 6) is -1.61. The number of rotatable bonds is 4. The van der Waals surface area contributed by atoms with Crippen molar-refractivity contribution in [2.75, 3.05) is 0 Å². The van der Waals surface area contributed by atoms with Gasteiger partial charge in [0.05, 0.1) is 17.0 Å². The maximum atomic E-state index is 13.1. The summed E-state index contributed by atoms with van der Waals surface area (Å²) in [5.41, 5.74) is 9.01. The lowest BCUT2D eigenvalue weighted by Crippen LogP contribution is -2.28. The van der Waals surface area contributed by atoms with Crippen LogP contribution in [0.4, 0.5) is 10.1 Å². The number of nitrogens with zero attached hydrogens (tertiary/aromatic N) is 3. The highest BCUT2D eigenvalue weighted by Gasteiger charge is 2.12. The van der Waals surface area contributed by atoms with Gasteiger partial charge in [-0.3, -0.25) is 4.98 Å². The van der Waals surface area contributed by atoms with Crippen LogP contribution in [0.25, 0.3) is 0 Å². The third kappa shape index (κ3) is 4.34. The molecule has 0 spiro atoms. The molecule has 8 heteroatoms. The number of hydrogen-bond donors (Lipinski definition) is 3. The molecule has 1 aromatic heterocycles. The maximum Gasteiger partial charge on any atom is 0.337 e. The van der Waals surface area contributed by atoms with Crippen molar-refractivity contribution >= 4 is 23.3 Å². The summed E-state index contributed by atoms with van der Waals surface area (Å²) in [6.45, 7) is 1.58. The lowest BCUT2D eigenvalue weighted by atomic mass is 10.1. The molecule has 23 heavy (non-hydrogen) atoms. The number of carbonyl (C=O) groups is 1. The molecule has 1 heterocycles. The average molecular weight is 315 g/mol. The molecular formula is C15H14FN5O2. The van der Waals surface area contributed by atoms with Crippen molar-refractivity contribution in [2.45, 2.75) is 6.92 Å². The van der Waals surface area contributed by atoms with Crippen molar-refractivity contribution in [3.63, 3.8) is 0 Å². The van der Waals surface area contributed by atoms with Crippen molar-refractivity contribution in [3.05, 3.63) is 59.7 Å². The molecule has 118 valence electrons. The van der Waals surface area contributed by atoms with Crippen molar-refractivity contribution in [1.29, 1.82) is 0 Å². The molecular weight excluding hydrogens is 301 g/mol. The molecule has 0 bridgehead atoms. The zero-order valence-corrected chi connectivity index (χ0v) is 12.2. The summed E-state index contributed by atoms with van der Waals surface area (Å²) in [4.78, 5) is 19.1. The molecule has 0 radical (unpaired) electrons. The number of nitrogens with two attached hydrogens (primary N) is 1. The van der Waals surface area contributed by atoms with Gasteiger partial charge in [0, 0.05) is 6.20 Å². The van der Waals surface area contributed by atoms with Crippen LogP contribution in [0.3, 0.4) is 0 Å². The van der Waals surface area contributed by atoms with Crippen LogP contribution in [0, 0.1) is 5.82 Å². The van der Waals surface area contributed by atoms with E-state index in [9.17, 15) is 9.18 Å². The molecule has 2 aromatic rings. The van der Waals surface area contributed by atoms with E-state index in [1.54, 1.807) is 13.0 Å². The molecule has 1 aromatic carbocycles. The third-order valence-electron chi connectivity index (χ3n) is 2.78. The second-order valence-electron chi connectivity index (χ2n) is 4.49. The van der Waals surface area contributed by atoms with Crippen molar-refractivity contribution in [2.24, 2.45) is 15.8 Å². The molecule has 0 amide bonds. The summed E-state index contributed by atoms with van der Waals surface area (Å²) in [7, 11) is 0. The molecule has 2 rings (SSSR count). The van der Waals surface area contributed by atoms with Crippen LogP contribution in [0.1, 0.15) is 23.0 Å². The predicted molar refractivity (Wildman–Crippen MR) is 84.2 cm³/mol. The minimum atomic E-state index is -1.11. The fraction of sp³-hybridized carbons (Fsp3) is 0.0667. The Labute approximate surface area is 131 Å². The molecule has 0 fully saturated rings. The minimum absolute atomic E-state index is 0.0243. The fourth-order valence-corrected chi connectivity index (χ4v) is 1.77. The molecule has 0 aliphatic rings. The summed E-state index contributed by atoms with van der Waals surface area (Å²) in [5, 5.41) is 13.1. The van der Waals surface area contributed by atoms with Crippen molar-refractivity contribution < 1.29 is 14.3 Å². The van der Waals surface area contributed by atoms with Crippen molar-refractivity contribution in [3.8, 4) is 0 Å². The number of carboxylic acids is 1. The van der Waals surface area contributed by atoms with Gasteiger partial charge in [0.2, 0.25) is 5.96 Å². The number of guanidine groups is 1. The lowest BCUT2D eigenvalue weighted by molar-refractivity contribution is 0.0696. The molecule has 0 saturated heterocycles. The highest BCUT2D eigenvalue weighted by molar-refractivity contribution is 6.06. The van der Waals surface area contributed by atoms with Gasteiger partial charge in [-0.25, -0.2) is 19.6 Å². The van der Waals surface area contributed by atoms with E-state index in [0.29, 0.717) is 11.4 Å². The SMILES string of the molecule is CC(=NNC(N)=Nc1cccc(F)c1)c1ncccc1C(=O)O. The number of aliphatic imine (C=N–C) groups is 1. The Morgan fingerprint density at radius 2 is 2.13 bits per heavy atom. The minimum Gasteiger partial charge on any atom is -0.478 e. The number of nitrogens with one attached hydrogen (secondary N) is 1. The van der Waals surface area contributed by atoms with Crippen LogP contribution in [-0.4, -0.2) is 27.7 Å². The van der Waals surface area contributed by atoms with Gasteiger partial charge in [0.15, 0.2) is 0 Å². The van der Waals surface area contributed by atoms with E-state index in [2.05, 4.69) is 20.5 Å². The zero-order valence-electron chi connectivity index (χ0n) is 12.2. The van der Waals surface area contributed by atoms with Crippen LogP contribution in [0.5, 0.6) is 0 Å². The maximum absolute atomic E-state index is 13.1. The quantitative estimate of drug-likeness (QED) is 0.453. The van der Waals surface area contributed by atoms with Gasteiger partial charge in [-0.2, -0.15) is 5.10 Å². The Bertz CT molecular complexity index is 789. The Balaban J connectivity index is 2.18. The smallest absolute Gasteiger partial charge is 0.337 e. The zero-order chi connectivity index (χ0) is 16.8. The average Bonchev–Trinajstić information content (AvgIpc) is 2.52. The van der Waals surface area contributed by atoms with Gasteiger partial charge in [-0.15, -0.1) is 0 Å². The lowest BCUT2D eigenvalue weighted by Gasteiger charge is -2.05. The first-order valence-corrected chi connectivity index (χ1v) is 6.56. The van der Waals surface area contributed by atoms with E-state index in [1.807, 2.05) is 0 Å². The van der Waals surface area contributed by atoms with Crippen molar-refractivity contribution in [1.82, 2.24) is 10.4 Å². The van der Waals surface area contributed by atoms with Gasteiger partial charge in [0.1, 0.15) is 11.5 Å². The van der Waals surface area contributed by atoms with Crippen LogP contribution in [0.2, 0.25) is 0 Å². The highest BCUT2D eigenvalue weighted by atomic mass is 19.1. The summed E-state index contributed by atoms with van der Waals surface area (Å²) in [6, 6.07) is 8.53. The normalized spacial score (nSPS) is 12.1. The van der Waals surface area contributed by atoms with Crippen LogP contribution < -0.4 is 11.2 Å². The second kappa shape index (κ2) is 7.12. The first-order valence-electron chi connectivity index (χ1n) is 6.56. The molecule has 0 atom stereocenters. The topological polar surface area (TPSA) is 113 Å². The highest BCUT2D eigenvalue weighted by Crippen LogP contribution is 2.12. The largest absolute Gasteiger partial charge is 0.478 e. The first-order chi connectivity index (χ1) is 11.0. The number of aromatic carboxylic acids is 1.